The van der Waals surface area contributed by atoms with Crippen LogP contribution in [0.3, 0.4) is 0 Å². The highest BCUT2D eigenvalue weighted by Crippen LogP contribution is 2.31. The van der Waals surface area contributed by atoms with Gasteiger partial charge in [-0.3, -0.25) is 4.79 Å². The molecule has 2 aromatic heterocycles. The zero-order chi connectivity index (χ0) is 19.8. The summed E-state index contributed by atoms with van der Waals surface area (Å²) in [5, 5.41) is 14.5. The number of carboxylic acid groups (broad SMARTS) is 1. The lowest BCUT2D eigenvalue weighted by Crippen LogP contribution is -1.98. The standard InChI is InChI=1S/C21H18ClN3O3/c1-11-7-13(4-6-18(26)27)3-5-16(11)20-24-21(28-25-20)15-9-14-8-12(2)23-19(14)17(22)10-15/h3,5,7-10,23H,4,6H2,1-2H3,(H,26,27). The Kier molecular flexibility index (Phi) is 4.65. The number of nitrogens with one attached hydrogen (secondary N) is 1. The number of fused-ring (bicyclic) bond motifs is 1. The van der Waals surface area contributed by atoms with Crippen LogP contribution >= 0.6 is 11.6 Å². The quantitative estimate of drug-likeness (QED) is 0.486. The molecule has 7 heteroatoms. The molecular weight excluding hydrogens is 378 g/mol. The maximum absolute atomic E-state index is 10.7. The number of hydrogen-bond acceptors (Lipinski definition) is 4. The van der Waals surface area contributed by atoms with Crippen LogP contribution in [-0.4, -0.2) is 26.2 Å². The van der Waals surface area contributed by atoms with Gasteiger partial charge in [0.1, 0.15) is 0 Å². The summed E-state index contributed by atoms with van der Waals surface area (Å²) in [6, 6.07) is 11.5. The van der Waals surface area contributed by atoms with Crippen LogP contribution in [0.2, 0.25) is 5.02 Å². The number of carbonyl (C=O) groups is 1. The molecule has 2 aromatic carbocycles. The molecule has 6 nitrogen and oxygen atoms in total. The van der Waals surface area contributed by atoms with E-state index in [0.29, 0.717) is 23.2 Å². The van der Waals surface area contributed by atoms with Gasteiger partial charge in [0.05, 0.1) is 10.5 Å². The number of aromatic nitrogens is 3. The Bertz CT molecular complexity index is 1190. The molecule has 0 aliphatic rings. The van der Waals surface area contributed by atoms with E-state index in [1.54, 1.807) is 6.07 Å². The van der Waals surface area contributed by atoms with Gasteiger partial charge in [0.25, 0.3) is 5.89 Å². The second kappa shape index (κ2) is 7.13. The highest BCUT2D eigenvalue weighted by atomic mass is 35.5. The maximum atomic E-state index is 10.7. The van der Waals surface area contributed by atoms with Crippen molar-refractivity contribution in [2.24, 2.45) is 0 Å². The Hall–Kier alpha value is -3.12. The van der Waals surface area contributed by atoms with Crippen LogP contribution in [0.15, 0.2) is 40.9 Å². The van der Waals surface area contributed by atoms with Gasteiger partial charge in [0.15, 0.2) is 0 Å². The predicted octanol–water partition coefficient (Wildman–Crippen LogP) is 5.17. The van der Waals surface area contributed by atoms with Gasteiger partial charge in [0.2, 0.25) is 5.82 Å². The molecule has 0 aliphatic heterocycles. The van der Waals surface area contributed by atoms with E-state index in [1.807, 2.05) is 44.2 Å². The van der Waals surface area contributed by atoms with Crippen molar-refractivity contribution in [2.45, 2.75) is 26.7 Å². The third-order valence-electron chi connectivity index (χ3n) is 4.65. The number of hydrogen-bond donors (Lipinski definition) is 2. The summed E-state index contributed by atoms with van der Waals surface area (Å²) in [6.07, 6.45) is 0.593. The highest BCUT2D eigenvalue weighted by Gasteiger charge is 2.15. The van der Waals surface area contributed by atoms with Crippen LogP contribution in [-0.2, 0) is 11.2 Å². The molecule has 0 saturated carbocycles. The zero-order valence-corrected chi connectivity index (χ0v) is 16.2. The lowest BCUT2D eigenvalue weighted by Gasteiger charge is -2.04. The Morgan fingerprint density at radius 1 is 1.21 bits per heavy atom. The van der Waals surface area contributed by atoms with Gasteiger partial charge in [-0.15, -0.1) is 0 Å². The topological polar surface area (TPSA) is 92.0 Å². The second-order valence-electron chi connectivity index (χ2n) is 6.84. The van der Waals surface area contributed by atoms with Crippen molar-refractivity contribution in [3.8, 4) is 22.8 Å². The first-order valence-corrected chi connectivity index (χ1v) is 9.23. The third kappa shape index (κ3) is 3.51. The maximum Gasteiger partial charge on any atom is 0.303 e. The van der Waals surface area contributed by atoms with Crippen LogP contribution in [0.5, 0.6) is 0 Å². The minimum Gasteiger partial charge on any atom is -0.481 e. The second-order valence-corrected chi connectivity index (χ2v) is 7.25. The Morgan fingerprint density at radius 2 is 2.04 bits per heavy atom. The van der Waals surface area contributed by atoms with Crippen LogP contribution in [0.25, 0.3) is 33.7 Å². The SMILES string of the molecule is Cc1cc2cc(-c3nc(-c4ccc(CCC(=O)O)cc4C)no3)cc(Cl)c2[nH]1. The van der Waals surface area contributed by atoms with E-state index < -0.39 is 5.97 Å². The van der Waals surface area contributed by atoms with E-state index in [4.69, 9.17) is 21.2 Å². The molecule has 0 aliphatic carbocycles. The number of benzene rings is 2. The summed E-state index contributed by atoms with van der Waals surface area (Å²) in [5.74, 6) is 0.0727. The normalized spacial score (nSPS) is 11.2. The molecule has 2 N–H and O–H groups in total. The molecule has 0 atom stereocenters. The molecular formula is C21H18ClN3O3. The smallest absolute Gasteiger partial charge is 0.303 e. The summed E-state index contributed by atoms with van der Waals surface area (Å²) in [5.41, 5.74) is 5.44. The molecule has 2 heterocycles. The molecule has 0 fully saturated rings. The summed E-state index contributed by atoms with van der Waals surface area (Å²) in [4.78, 5) is 18.5. The molecule has 142 valence electrons. The molecule has 4 aromatic rings. The van der Waals surface area contributed by atoms with E-state index in [9.17, 15) is 4.79 Å². The van der Waals surface area contributed by atoms with Gasteiger partial charge in [-0.25, -0.2) is 0 Å². The lowest BCUT2D eigenvalue weighted by atomic mass is 10.0. The summed E-state index contributed by atoms with van der Waals surface area (Å²) < 4.78 is 5.47. The van der Waals surface area contributed by atoms with Crippen molar-refractivity contribution in [2.75, 3.05) is 0 Å². The van der Waals surface area contributed by atoms with Gasteiger partial charge in [0, 0.05) is 28.6 Å². The predicted molar refractivity (Wildman–Crippen MR) is 107 cm³/mol. The van der Waals surface area contributed by atoms with Crippen molar-refractivity contribution in [1.29, 1.82) is 0 Å². The fourth-order valence-electron chi connectivity index (χ4n) is 3.30. The molecule has 0 spiro atoms. The zero-order valence-electron chi connectivity index (χ0n) is 15.4. The number of aliphatic carboxylic acids is 1. The first kappa shape index (κ1) is 18.3. The van der Waals surface area contributed by atoms with Crippen molar-refractivity contribution in [1.82, 2.24) is 15.1 Å². The van der Waals surface area contributed by atoms with E-state index >= 15 is 0 Å². The van der Waals surface area contributed by atoms with Crippen molar-refractivity contribution in [3.63, 3.8) is 0 Å². The van der Waals surface area contributed by atoms with Crippen molar-refractivity contribution < 1.29 is 14.4 Å². The monoisotopic (exact) mass is 395 g/mol. The fraction of sp³-hybridized carbons (Fsp3) is 0.190. The Morgan fingerprint density at radius 3 is 2.79 bits per heavy atom. The molecule has 0 radical (unpaired) electrons. The third-order valence-corrected chi connectivity index (χ3v) is 4.95. The minimum atomic E-state index is -0.808. The highest BCUT2D eigenvalue weighted by molar-refractivity contribution is 6.35. The lowest BCUT2D eigenvalue weighted by molar-refractivity contribution is -0.136. The number of halogens is 1. The number of carboxylic acids is 1. The summed E-state index contributed by atoms with van der Waals surface area (Å²) >= 11 is 6.38. The molecule has 28 heavy (non-hydrogen) atoms. The molecule has 0 saturated heterocycles. The van der Waals surface area contributed by atoms with Crippen molar-refractivity contribution >= 4 is 28.5 Å². The number of H-pyrrole nitrogens is 1. The van der Waals surface area contributed by atoms with E-state index in [1.165, 1.54) is 0 Å². The van der Waals surface area contributed by atoms with E-state index in [2.05, 4.69) is 15.1 Å². The van der Waals surface area contributed by atoms with Gasteiger partial charge >= 0.3 is 5.97 Å². The molecule has 4 rings (SSSR count). The number of aromatic amines is 1. The average molecular weight is 396 g/mol. The first-order chi connectivity index (χ1) is 13.4. The average Bonchev–Trinajstić information content (AvgIpc) is 3.26. The molecule has 0 unspecified atom stereocenters. The van der Waals surface area contributed by atoms with E-state index in [0.717, 1.165) is 38.9 Å². The van der Waals surface area contributed by atoms with Gasteiger partial charge in [-0.2, -0.15) is 4.98 Å². The van der Waals surface area contributed by atoms with E-state index in [-0.39, 0.29) is 6.42 Å². The number of aryl methyl sites for hydroxylation is 3. The Balaban J connectivity index is 1.65. The Labute approximate surface area is 166 Å². The van der Waals surface area contributed by atoms with Crippen LogP contribution in [0.4, 0.5) is 0 Å². The first-order valence-electron chi connectivity index (χ1n) is 8.85. The largest absolute Gasteiger partial charge is 0.481 e. The van der Waals surface area contributed by atoms with Crippen molar-refractivity contribution in [3.05, 3.63) is 58.2 Å². The van der Waals surface area contributed by atoms with Gasteiger partial charge in [-0.1, -0.05) is 35.0 Å². The summed E-state index contributed by atoms with van der Waals surface area (Å²) in [7, 11) is 0. The fourth-order valence-corrected chi connectivity index (χ4v) is 3.57. The molecule has 0 bridgehead atoms. The van der Waals surface area contributed by atoms with Crippen LogP contribution in [0, 0.1) is 13.8 Å². The van der Waals surface area contributed by atoms with Crippen LogP contribution in [0.1, 0.15) is 23.2 Å². The summed E-state index contributed by atoms with van der Waals surface area (Å²) in [6.45, 7) is 3.92. The van der Waals surface area contributed by atoms with Crippen LogP contribution < -0.4 is 0 Å². The minimum absolute atomic E-state index is 0.104. The molecule has 0 amide bonds. The van der Waals surface area contributed by atoms with Gasteiger partial charge < -0.3 is 14.6 Å². The number of rotatable bonds is 5. The number of nitrogens with zero attached hydrogens (tertiary/aromatic N) is 2. The van der Waals surface area contributed by atoms with Gasteiger partial charge in [-0.05, 0) is 49.6 Å².